The lowest BCUT2D eigenvalue weighted by atomic mass is 10.1. The van der Waals surface area contributed by atoms with Crippen LogP contribution in [0.3, 0.4) is 0 Å². The maximum Gasteiger partial charge on any atom is 0.257 e. The number of aliphatic hydroxyl groups excluding tert-OH is 1. The minimum Gasteiger partial charge on any atom is -0.493 e. The summed E-state index contributed by atoms with van der Waals surface area (Å²) in [6.45, 7) is 0.226. The molecular weight excluding hydrogens is 395 g/mol. The number of hydroxylamine groups is 1. The molecule has 3 N–H and O–H groups in total. The minimum atomic E-state index is -0.564. The molecule has 2 fully saturated rings. The average molecular weight is 414 g/mol. The fourth-order valence-electron chi connectivity index (χ4n) is 3.59. The van der Waals surface area contributed by atoms with E-state index in [0.29, 0.717) is 30.1 Å². The molecule has 1 amide bonds. The van der Waals surface area contributed by atoms with Gasteiger partial charge in [-0.15, -0.1) is 0 Å². The number of nitrogens with one attached hydrogen (secondary N) is 1. The van der Waals surface area contributed by atoms with Crippen LogP contribution < -0.4 is 10.4 Å². The summed E-state index contributed by atoms with van der Waals surface area (Å²) in [5.41, 5.74) is 0.310. The van der Waals surface area contributed by atoms with Crippen LogP contribution in [0, 0.1) is 5.82 Å². The van der Waals surface area contributed by atoms with Gasteiger partial charge in [-0.1, -0.05) is 0 Å². The molecule has 1 unspecified atom stereocenters. The molecule has 5 rings (SSSR count). The van der Waals surface area contributed by atoms with Gasteiger partial charge < -0.3 is 15.5 Å². The van der Waals surface area contributed by atoms with Crippen molar-refractivity contribution in [1.29, 1.82) is 0 Å². The predicted molar refractivity (Wildman–Crippen MR) is 101 cm³/mol. The highest BCUT2D eigenvalue weighted by Crippen LogP contribution is 2.38. The Morgan fingerprint density at radius 2 is 2.23 bits per heavy atom. The number of carbonyl (C=O) groups is 1. The first kappa shape index (κ1) is 18.7. The highest BCUT2D eigenvalue weighted by atomic mass is 19.1. The number of hydrogen-bond donors (Lipinski definition) is 3. The van der Waals surface area contributed by atoms with Crippen LogP contribution in [0.25, 0.3) is 5.65 Å². The normalized spacial score (nSPS) is 19.9. The molecule has 1 aliphatic carbocycles. The number of amides is 1. The maximum atomic E-state index is 13.7. The second kappa shape index (κ2) is 6.89. The van der Waals surface area contributed by atoms with E-state index in [4.69, 9.17) is 4.84 Å². The number of aliphatic hydroxyl groups is 1. The Labute approximate surface area is 169 Å². The summed E-state index contributed by atoms with van der Waals surface area (Å²) in [4.78, 5) is 26.6. The number of aromatic nitrogens is 4. The molecule has 10 nitrogen and oxygen atoms in total. The van der Waals surface area contributed by atoms with Crippen molar-refractivity contribution in [3.8, 4) is 5.88 Å². The molecule has 3 aromatic rings. The highest BCUT2D eigenvalue weighted by molar-refractivity contribution is 6.00. The fourth-order valence-corrected chi connectivity index (χ4v) is 3.59. The van der Waals surface area contributed by atoms with Gasteiger partial charge in [0.25, 0.3) is 5.91 Å². The summed E-state index contributed by atoms with van der Waals surface area (Å²) in [5.74, 6) is -0.828. The summed E-state index contributed by atoms with van der Waals surface area (Å²) in [7, 11) is 0. The Morgan fingerprint density at radius 1 is 1.40 bits per heavy atom. The molecule has 1 atom stereocenters. The Bertz CT molecular complexity index is 1130. The van der Waals surface area contributed by atoms with Crippen molar-refractivity contribution in [2.45, 2.75) is 30.8 Å². The number of halogens is 1. The number of aromatic hydroxyl groups is 1. The highest BCUT2D eigenvalue weighted by Gasteiger charge is 2.44. The fraction of sp³-hybridized carbons (Fsp3) is 0.368. The van der Waals surface area contributed by atoms with Gasteiger partial charge in [-0.25, -0.2) is 23.9 Å². The van der Waals surface area contributed by atoms with E-state index < -0.39 is 17.4 Å². The third-order valence-electron chi connectivity index (χ3n) is 5.49. The first-order valence-corrected chi connectivity index (χ1v) is 9.54. The van der Waals surface area contributed by atoms with Crippen LogP contribution in [0.4, 0.5) is 10.2 Å². The van der Waals surface area contributed by atoms with Crippen molar-refractivity contribution in [3.05, 3.63) is 47.7 Å². The van der Waals surface area contributed by atoms with Gasteiger partial charge in [0.2, 0.25) is 5.88 Å². The van der Waals surface area contributed by atoms with E-state index in [1.807, 2.05) is 0 Å². The maximum absolute atomic E-state index is 13.7. The van der Waals surface area contributed by atoms with Crippen molar-refractivity contribution in [3.63, 3.8) is 0 Å². The summed E-state index contributed by atoms with van der Waals surface area (Å²) >= 11 is 0. The molecule has 0 spiro atoms. The first-order chi connectivity index (χ1) is 14.5. The number of nitrogens with zero attached hydrogens (tertiary/aromatic N) is 5. The van der Waals surface area contributed by atoms with E-state index >= 15 is 0 Å². The largest absolute Gasteiger partial charge is 0.493 e. The van der Waals surface area contributed by atoms with Gasteiger partial charge in [0.05, 0.1) is 37.2 Å². The predicted octanol–water partition coefficient (Wildman–Crippen LogP) is 1.11. The Balaban J connectivity index is 1.48. The van der Waals surface area contributed by atoms with Crippen LogP contribution >= 0.6 is 0 Å². The van der Waals surface area contributed by atoms with E-state index in [1.54, 1.807) is 12.3 Å². The number of hydrogen-bond acceptors (Lipinski definition) is 8. The van der Waals surface area contributed by atoms with Crippen LogP contribution in [0.5, 0.6) is 5.88 Å². The second-order valence-electron chi connectivity index (χ2n) is 7.53. The summed E-state index contributed by atoms with van der Waals surface area (Å²) < 4.78 is 15.1. The molecule has 1 saturated carbocycles. The van der Waals surface area contributed by atoms with Gasteiger partial charge in [-0.2, -0.15) is 5.10 Å². The minimum absolute atomic E-state index is 0.120. The SMILES string of the molecule is O=C(NC1(CO)CC1)c1cnn2ccc(N3OCCC3c3cc(F)cnc3O)nc12. The molecule has 30 heavy (non-hydrogen) atoms. The molecule has 0 bridgehead atoms. The lowest BCUT2D eigenvalue weighted by Crippen LogP contribution is -2.39. The van der Waals surface area contributed by atoms with Crippen LogP contribution in [0.1, 0.15) is 41.2 Å². The molecule has 4 heterocycles. The van der Waals surface area contributed by atoms with E-state index in [0.717, 1.165) is 19.0 Å². The molecule has 2 aliphatic rings. The number of pyridine rings is 1. The van der Waals surface area contributed by atoms with Crippen molar-refractivity contribution < 1.29 is 24.2 Å². The monoisotopic (exact) mass is 414 g/mol. The van der Waals surface area contributed by atoms with Crippen LogP contribution in [-0.4, -0.2) is 54.5 Å². The Morgan fingerprint density at radius 3 is 3.00 bits per heavy atom. The number of carbonyl (C=O) groups excluding carboxylic acids is 1. The van der Waals surface area contributed by atoms with E-state index in [9.17, 15) is 19.4 Å². The third kappa shape index (κ3) is 3.12. The molecule has 11 heteroatoms. The summed E-state index contributed by atoms with van der Waals surface area (Å²) in [6, 6.07) is 2.38. The van der Waals surface area contributed by atoms with Gasteiger partial charge in [-0.3, -0.25) is 9.63 Å². The molecular formula is C19H19FN6O4. The molecule has 0 radical (unpaired) electrons. The molecule has 0 aromatic carbocycles. The van der Waals surface area contributed by atoms with Gasteiger partial charge in [0.15, 0.2) is 11.5 Å². The van der Waals surface area contributed by atoms with Crippen molar-refractivity contribution in [1.82, 2.24) is 24.9 Å². The second-order valence-corrected chi connectivity index (χ2v) is 7.53. The van der Waals surface area contributed by atoms with E-state index in [2.05, 4.69) is 20.4 Å². The van der Waals surface area contributed by atoms with Crippen molar-refractivity contribution >= 4 is 17.4 Å². The summed E-state index contributed by atoms with van der Waals surface area (Å²) in [6.07, 6.45) is 5.94. The smallest absolute Gasteiger partial charge is 0.257 e. The zero-order valence-corrected chi connectivity index (χ0v) is 15.8. The first-order valence-electron chi connectivity index (χ1n) is 9.54. The van der Waals surface area contributed by atoms with Gasteiger partial charge >= 0.3 is 0 Å². The van der Waals surface area contributed by atoms with Gasteiger partial charge in [0.1, 0.15) is 11.4 Å². The van der Waals surface area contributed by atoms with Crippen molar-refractivity contribution in [2.75, 3.05) is 18.3 Å². The summed E-state index contributed by atoms with van der Waals surface area (Å²) in [5, 5.41) is 28.0. The lowest BCUT2D eigenvalue weighted by Gasteiger charge is -2.24. The molecule has 156 valence electrons. The van der Waals surface area contributed by atoms with Crippen LogP contribution in [0.2, 0.25) is 0 Å². The molecule has 3 aromatic heterocycles. The zero-order valence-electron chi connectivity index (χ0n) is 15.8. The van der Waals surface area contributed by atoms with E-state index in [-0.39, 0.29) is 24.0 Å². The number of fused-ring (bicyclic) bond motifs is 1. The quantitative estimate of drug-likeness (QED) is 0.567. The van der Waals surface area contributed by atoms with E-state index in [1.165, 1.54) is 21.8 Å². The van der Waals surface area contributed by atoms with Gasteiger partial charge in [0, 0.05) is 24.2 Å². The molecule has 1 aliphatic heterocycles. The van der Waals surface area contributed by atoms with Crippen LogP contribution in [0.15, 0.2) is 30.7 Å². The Kier molecular flexibility index (Phi) is 4.29. The van der Waals surface area contributed by atoms with Gasteiger partial charge in [-0.05, 0) is 18.9 Å². The lowest BCUT2D eigenvalue weighted by molar-refractivity contribution is 0.0908. The molecule has 1 saturated heterocycles. The number of rotatable bonds is 5. The topological polar surface area (TPSA) is 125 Å². The average Bonchev–Trinajstić information content (AvgIpc) is 3.15. The van der Waals surface area contributed by atoms with Crippen molar-refractivity contribution in [2.24, 2.45) is 0 Å². The Hall–Kier alpha value is -3.31. The third-order valence-corrected chi connectivity index (χ3v) is 5.49. The zero-order chi connectivity index (χ0) is 20.9. The number of anilines is 1. The van der Waals surface area contributed by atoms with Crippen LogP contribution in [-0.2, 0) is 4.84 Å². The standard InChI is InChI=1S/C19H19FN6O4/c20-11-7-12(17(28)21-8-11)14-2-6-30-26(14)15-1-5-25-16(23-15)13(9-22-25)18(29)24-19(10-27)3-4-19/h1,5,7-9,14,27H,2-4,6,10H2,(H,21,28)(H,24,29).